The molecule has 1 aromatic carbocycles. The molecular weight excluding hydrogens is 400 g/mol. The van der Waals surface area contributed by atoms with Crippen molar-refractivity contribution in [3.63, 3.8) is 0 Å². The van der Waals surface area contributed by atoms with Gasteiger partial charge < -0.3 is 15.6 Å². The summed E-state index contributed by atoms with van der Waals surface area (Å²) in [5, 5.41) is 1.02. The average molecular weight is 429 g/mol. The molecule has 0 bridgehead atoms. The van der Waals surface area contributed by atoms with E-state index in [0.717, 1.165) is 39.1 Å². The number of nitrogens with zero attached hydrogens (tertiary/aromatic N) is 4. The first-order valence-corrected chi connectivity index (χ1v) is 11.0. The Hall–Kier alpha value is -3.45. The van der Waals surface area contributed by atoms with E-state index in [0.29, 0.717) is 18.8 Å². The summed E-state index contributed by atoms with van der Waals surface area (Å²) in [6.07, 6.45) is 5.56. The van der Waals surface area contributed by atoms with Crippen LogP contribution in [0.1, 0.15) is 33.3 Å². The Morgan fingerprint density at radius 1 is 1.16 bits per heavy atom. The number of nitrogens with two attached hydrogens (primary N) is 1. The molecule has 0 amide bonds. The lowest BCUT2D eigenvalue weighted by atomic mass is 10.0. The highest BCUT2D eigenvalue weighted by Crippen LogP contribution is 2.36. The van der Waals surface area contributed by atoms with Gasteiger partial charge in [0.1, 0.15) is 0 Å². The Balaban J connectivity index is 1.66. The third-order valence-electron chi connectivity index (χ3n) is 6.24. The van der Waals surface area contributed by atoms with E-state index in [1.165, 1.54) is 0 Å². The van der Waals surface area contributed by atoms with Gasteiger partial charge in [0.25, 0.3) is 5.56 Å². The summed E-state index contributed by atoms with van der Waals surface area (Å²) >= 11 is 0. The van der Waals surface area contributed by atoms with Crippen LogP contribution in [0, 0.1) is 0 Å². The van der Waals surface area contributed by atoms with E-state index in [9.17, 15) is 4.79 Å². The Morgan fingerprint density at radius 3 is 2.72 bits per heavy atom. The minimum absolute atomic E-state index is 0.0217. The number of H-pyrrole nitrogens is 1. The zero-order valence-corrected chi connectivity index (χ0v) is 18.9. The highest BCUT2D eigenvalue weighted by Gasteiger charge is 2.39. The number of anilines is 1. The average Bonchev–Trinajstić information content (AvgIpc) is 3.30. The number of aromatic nitrogens is 4. The molecule has 5 rings (SSSR count). The lowest BCUT2D eigenvalue weighted by molar-refractivity contribution is 0.425. The first-order valence-electron chi connectivity index (χ1n) is 11.0. The lowest BCUT2D eigenvalue weighted by Crippen LogP contribution is -2.45. The minimum atomic E-state index is -0.166. The Morgan fingerprint density at radius 2 is 1.97 bits per heavy atom. The maximum Gasteiger partial charge on any atom is 0.255 e. The predicted molar refractivity (Wildman–Crippen MR) is 129 cm³/mol. The van der Waals surface area contributed by atoms with Gasteiger partial charge in [-0.15, -0.1) is 0 Å². The van der Waals surface area contributed by atoms with Crippen molar-refractivity contribution >= 4 is 16.9 Å². The number of fused-ring (bicyclic) bond motifs is 2. The topological polar surface area (TPSA) is 92.8 Å². The second kappa shape index (κ2) is 7.31. The summed E-state index contributed by atoms with van der Waals surface area (Å²) in [4.78, 5) is 27.9. The highest BCUT2D eigenvalue weighted by atomic mass is 16.1. The second-order valence-electron chi connectivity index (χ2n) is 9.39. The molecule has 32 heavy (non-hydrogen) atoms. The Bertz CT molecular complexity index is 1380. The molecule has 0 saturated carbocycles. The number of pyridine rings is 1. The molecule has 164 valence electrons. The van der Waals surface area contributed by atoms with Gasteiger partial charge in [0.2, 0.25) is 5.95 Å². The second-order valence-corrected chi connectivity index (χ2v) is 9.39. The van der Waals surface area contributed by atoms with E-state index in [1.807, 2.05) is 18.5 Å². The van der Waals surface area contributed by atoms with Crippen molar-refractivity contribution in [3.05, 3.63) is 64.8 Å². The molecular formula is C25H28N6O. The van der Waals surface area contributed by atoms with Crippen LogP contribution in [0.15, 0.2) is 53.7 Å². The third kappa shape index (κ3) is 3.20. The van der Waals surface area contributed by atoms with Crippen LogP contribution in [0.5, 0.6) is 0 Å². The summed E-state index contributed by atoms with van der Waals surface area (Å²) in [5.74, 6) is 0.734. The molecule has 7 heteroatoms. The summed E-state index contributed by atoms with van der Waals surface area (Å²) < 4.78 is 1.79. The van der Waals surface area contributed by atoms with Crippen molar-refractivity contribution in [2.45, 2.75) is 52.4 Å². The molecule has 0 fully saturated rings. The maximum atomic E-state index is 13.0. The largest absolute Gasteiger partial charge is 0.360 e. The fourth-order valence-corrected chi connectivity index (χ4v) is 4.90. The zero-order valence-electron chi connectivity index (χ0n) is 18.9. The van der Waals surface area contributed by atoms with Crippen LogP contribution >= 0.6 is 0 Å². The van der Waals surface area contributed by atoms with Gasteiger partial charge in [0.15, 0.2) is 0 Å². The van der Waals surface area contributed by atoms with Crippen molar-refractivity contribution in [1.29, 1.82) is 0 Å². The SMILES string of the molecule is CC(C)N1c2nc(-c3c[nH]c4ccc(-c5cncc(CN)c5)cc34)cc(=O)n2CC1(C)C. The molecule has 0 atom stereocenters. The Labute approximate surface area is 186 Å². The monoisotopic (exact) mass is 428 g/mol. The van der Waals surface area contributed by atoms with Crippen LogP contribution in [0.25, 0.3) is 33.3 Å². The summed E-state index contributed by atoms with van der Waals surface area (Å²) in [5.41, 5.74) is 11.2. The quantitative estimate of drug-likeness (QED) is 0.514. The van der Waals surface area contributed by atoms with E-state index in [4.69, 9.17) is 10.7 Å². The molecule has 4 aromatic rings. The van der Waals surface area contributed by atoms with Crippen LogP contribution in [0.3, 0.4) is 0 Å². The van der Waals surface area contributed by atoms with Gasteiger partial charge in [0.05, 0.1) is 17.8 Å². The molecule has 3 N–H and O–H groups in total. The van der Waals surface area contributed by atoms with Crippen molar-refractivity contribution < 1.29 is 0 Å². The molecule has 0 unspecified atom stereocenters. The lowest BCUT2D eigenvalue weighted by Gasteiger charge is -2.35. The van der Waals surface area contributed by atoms with E-state index in [1.54, 1.807) is 16.8 Å². The number of rotatable bonds is 4. The van der Waals surface area contributed by atoms with Crippen LogP contribution in [-0.2, 0) is 13.1 Å². The standard InChI is InChI=1S/C25H28N6O/c1-15(2)31-24-29-22(9-23(32)30(24)14-25(31,3)4)20-13-28-21-6-5-17(8-19(20)21)18-7-16(10-26)11-27-12-18/h5-9,11-13,15,28H,10,14,26H2,1-4H3. The van der Waals surface area contributed by atoms with Crippen LogP contribution in [0.2, 0.25) is 0 Å². The van der Waals surface area contributed by atoms with Gasteiger partial charge in [-0.3, -0.25) is 14.3 Å². The van der Waals surface area contributed by atoms with Crippen molar-refractivity contribution in [3.8, 4) is 22.4 Å². The number of aromatic amines is 1. The van der Waals surface area contributed by atoms with Gasteiger partial charge in [-0.25, -0.2) is 4.98 Å². The fourth-order valence-electron chi connectivity index (χ4n) is 4.90. The molecule has 7 nitrogen and oxygen atoms in total. The van der Waals surface area contributed by atoms with E-state index in [2.05, 4.69) is 60.8 Å². The summed E-state index contributed by atoms with van der Waals surface area (Å²) in [6.45, 7) is 9.67. The number of hydrogen-bond donors (Lipinski definition) is 2. The van der Waals surface area contributed by atoms with E-state index >= 15 is 0 Å². The van der Waals surface area contributed by atoms with Crippen LogP contribution in [0.4, 0.5) is 5.95 Å². The molecule has 1 aliphatic heterocycles. The Kier molecular flexibility index (Phi) is 4.67. The summed E-state index contributed by atoms with van der Waals surface area (Å²) in [6, 6.07) is 10.2. The van der Waals surface area contributed by atoms with Crippen LogP contribution in [-0.4, -0.2) is 31.1 Å². The normalized spacial score (nSPS) is 15.0. The molecule has 4 heterocycles. The molecule has 0 aliphatic carbocycles. The van der Waals surface area contributed by atoms with Crippen LogP contribution < -0.4 is 16.2 Å². The van der Waals surface area contributed by atoms with Gasteiger partial charge >= 0.3 is 0 Å². The molecule has 0 radical (unpaired) electrons. The summed E-state index contributed by atoms with van der Waals surface area (Å²) in [7, 11) is 0. The van der Waals surface area contributed by atoms with Gasteiger partial charge in [-0.2, -0.15) is 0 Å². The van der Waals surface area contributed by atoms with E-state index in [-0.39, 0.29) is 17.1 Å². The number of benzene rings is 1. The van der Waals surface area contributed by atoms with Crippen molar-refractivity contribution in [2.24, 2.45) is 5.73 Å². The maximum absolute atomic E-state index is 13.0. The van der Waals surface area contributed by atoms with E-state index < -0.39 is 0 Å². The predicted octanol–water partition coefficient (Wildman–Crippen LogP) is 3.92. The third-order valence-corrected chi connectivity index (χ3v) is 6.24. The fraction of sp³-hybridized carbons (Fsp3) is 0.320. The van der Waals surface area contributed by atoms with Crippen molar-refractivity contribution in [1.82, 2.24) is 19.5 Å². The van der Waals surface area contributed by atoms with Crippen molar-refractivity contribution in [2.75, 3.05) is 4.90 Å². The molecule has 0 spiro atoms. The number of nitrogens with one attached hydrogen (secondary N) is 1. The smallest absolute Gasteiger partial charge is 0.255 e. The number of hydrogen-bond acceptors (Lipinski definition) is 5. The minimum Gasteiger partial charge on any atom is -0.360 e. The first-order chi connectivity index (χ1) is 15.3. The van der Waals surface area contributed by atoms with Gasteiger partial charge in [-0.1, -0.05) is 6.07 Å². The molecule has 3 aromatic heterocycles. The zero-order chi connectivity index (χ0) is 22.6. The molecule has 0 saturated heterocycles. The molecule has 1 aliphatic rings. The van der Waals surface area contributed by atoms with Gasteiger partial charge in [-0.05, 0) is 57.0 Å². The highest BCUT2D eigenvalue weighted by molar-refractivity contribution is 5.97. The first kappa shape index (κ1) is 20.5. The van der Waals surface area contributed by atoms with Gasteiger partial charge in [0, 0.05) is 59.3 Å².